The summed E-state index contributed by atoms with van der Waals surface area (Å²) < 4.78 is 6.66. The van der Waals surface area contributed by atoms with Crippen LogP contribution in [0.2, 0.25) is 0 Å². The molecule has 1 unspecified atom stereocenters. The summed E-state index contributed by atoms with van der Waals surface area (Å²) in [4.78, 5) is 13.9. The van der Waals surface area contributed by atoms with Gasteiger partial charge in [0.25, 0.3) is 5.91 Å². The molecular weight excluding hydrogens is 326 g/mol. The standard InChI is InChI=1S/C10H11Br2NO2/c1-6-3-2-4-13(6)10(14)8-5-7(11)9(12)15-8/h5-6H,2-4H2,1H3. The Morgan fingerprint density at radius 3 is 2.80 bits per heavy atom. The number of hydrogen-bond donors (Lipinski definition) is 0. The fourth-order valence-electron chi connectivity index (χ4n) is 1.83. The van der Waals surface area contributed by atoms with E-state index in [1.54, 1.807) is 6.07 Å². The van der Waals surface area contributed by atoms with Crippen LogP contribution in [0.3, 0.4) is 0 Å². The number of hydrogen-bond acceptors (Lipinski definition) is 2. The maximum Gasteiger partial charge on any atom is 0.289 e. The molecule has 2 heterocycles. The quantitative estimate of drug-likeness (QED) is 0.787. The third-order valence-corrected chi connectivity index (χ3v) is 4.38. The lowest BCUT2D eigenvalue weighted by molar-refractivity contribution is 0.0714. The number of rotatable bonds is 1. The van der Waals surface area contributed by atoms with Crippen molar-refractivity contribution in [3.8, 4) is 0 Å². The highest BCUT2D eigenvalue weighted by atomic mass is 79.9. The molecule has 0 bridgehead atoms. The Morgan fingerprint density at radius 1 is 1.60 bits per heavy atom. The molecule has 82 valence electrons. The second kappa shape index (κ2) is 4.29. The monoisotopic (exact) mass is 335 g/mol. The molecule has 0 aliphatic carbocycles. The molecule has 1 atom stereocenters. The largest absolute Gasteiger partial charge is 0.443 e. The molecule has 1 aromatic rings. The molecule has 3 nitrogen and oxygen atoms in total. The van der Waals surface area contributed by atoms with Crippen molar-refractivity contribution in [1.82, 2.24) is 4.90 Å². The number of likely N-dealkylation sites (tertiary alicyclic amines) is 1. The first-order valence-electron chi connectivity index (χ1n) is 4.85. The Hall–Kier alpha value is -0.290. The molecule has 15 heavy (non-hydrogen) atoms. The van der Waals surface area contributed by atoms with Crippen LogP contribution in [0.25, 0.3) is 0 Å². The van der Waals surface area contributed by atoms with Gasteiger partial charge < -0.3 is 9.32 Å². The average molecular weight is 337 g/mol. The normalized spacial score (nSPS) is 21.0. The minimum absolute atomic E-state index is 0.0219. The van der Waals surface area contributed by atoms with Gasteiger partial charge in [0, 0.05) is 18.7 Å². The van der Waals surface area contributed by atoms with Crippen LogP contribution in [0.5, 0.6) is 0 Å². The highest BCUT2D eigenvalue weighted by Gasteiger charge is 2.28. The first-order valence-corrected chi connectivity index (χ1v) is 6.44. The second-order valence-electron chi connectivity index (χ2n) is 3.72. The number of carbonyl (C=O) groups is 1. The highest BCUT2D eigenvalue weighted by Crippen LogP contribution is 2.28. The lowest BCUT2D eigenvalue weighted by atomic mass is 10.2. The zero-order valence-electron chi connectivity index (χ0n) is 8.30. The minimum atomic E-state index is -0.0219. The summed E-state index contributed by atoms with van der Waals surface area (Å²) in [6.07, 6.45) is 2.16. The van der Waals surface area contributed by atoms with E-state index in [0.29, 0.717) is 16.5 Å². The Balaban J connectivity index is 2.20. The van der Waals surface area contributed by atoms with Crippen LogP contribution in [-0.4, -0.2) is 23.4 Å². The summed E-state index contributed by atoms with van der Waals surface area (Å²) in [6.45, 7) is 2.90. The van der Waals surface area contributed by atoms with E-state index in [1.807, 2.05) is 4.90 Å². The van der Waals surface area contributed by atoms with Gasteiger partial charge in [-0.2, -0.15) is 0 Å². The molecule has 1 aliphatic rings. The highest BCUT2D eigenvalue weighted by molar-refractivity contribution is 9.13. The number of carbonyl (C=O) groups excluding carboxylic acids is 1. The van der Waals surface area contributed by atoms with E-state index in [1.165, 1.54) is 0 Å². The number of furan rings is 1. The van der Waals surface area contributed by atoms with Crippen molar-refractivity contribution in [2.75, 3.05) is 6.54 Å². The van der Waals surface area contributed by atoms with Crippen molar-refractivity contribution in [2.45, 2.75) is 25.8 Å². The van der Waals surface area contributed by atoms with Gasteiger partial charge in [0.1, 0.15) is 0 Å². The van der Waals surface area contributed by atoms with Crippen LogP contribution < -0.4 is 0 Å². The van der Waals surface area contributed by atoms with E-state index in [-0.39, 0.29) is 5.91 Å². The summed E-state index contributed by atoms with van der Waals surface area (Å²) in [5, 5.41) is 0. The molecule has 2 rings (SSSR count). The van der Waals surface area contributed by atoms with Crippen LogP contribution >= 0.6 is 31.9 Å². The lowest BCUT2D eigenvalue weighted by Gasteiger charge is -2.19. The predicted molar refractivity (Wildman–Crippen MR) is 63.8 cm³/mol. The summed E-state index contributed by atoms with van der Waals surface area (Å²) in [5.74, 6) is 0.369. The predicted octanol–water partition coefficient (Wildman–Crippen LogP) is 3.43. The van der Waals surface area contributed by atoms with Crippen LogP contribution in [0, 0.1) is 0 Å². The van der Waals surface area contributed by atoms with E-state index >= 15 is 0 Å². The van der Waals surface area contributed by atoms with E-state index in [0.717, 1.165) is 23.9 Å². The Labute approximate surface area is 105 Å². The van der Waals surface area contributed by atoms with Gasteiger partial charge in [-0.25, -0.2) is 0 Å². The van der Waals surface area contributed by atoms with Crippen molar-refractivity contribution in [2.24, 2.45) is 0 Å². The van der Waals surface area contributed by atoms with Crippen LogP contribution in [0.15, 0.2) is 19.6 Å². The fourth-order valence-corrected chi connectivity index (χ4v) is 2.41. The zero-order chi connectivity index (χ0) is 11.0. The van der Waals surface area contributed by atoms with Gasteiger partial charge in [-0.1, -0.05) is 0 Å². The van der Waals surface area contributed by atoms with E-state index < -0.39 is 0 Å². The summed E-state index contributed by atoms with van der Waals surface area (Å²) in [5.41, 5.74) is 0. The van der Waals surface area contributed by atoms with Crippen molar-refractivity contribution < 1.29 is 9.21 Å². The first kappa shape index (κ1) is 11.2. The molecule has 0 radical (unpaired) electrons. The van der Waals surface area contributed by atoms with Crippen molar-refractivity contribution in [3.63, 3.8) is 0 Å². The number of amides is 1. The van der Waals surface area contributed by atoms with Gasteiger partial charge >= 0.3 is 0 Å². The fraction of sp³-hybridized carbons (Fsp3) is 0.500. The zero-order valence-corrected chi connectivity index (χ0v) is 11.5. The van der Waals surface area contributed by atoms with Crippen LogP contribution in [-0.2, 0) is 0 Å². The molecule has 1 saturated heterocycles. The molecule has 1 aliphatic heterocycles. The molecular formula is C10H11Br2NO2. The lowest BCUT2D eigenvalue weighted by Crippen LogP contribution is -2.33. The topological polar surface area (TPSA) is 33.5 Å². The first-order chi connectivity index (χ1) is 7.09. The third-order valence-electron chi connectivity index (χ3n) is 2.67. The Morgan fingerprint density at radius 2 is 2.33 bits per heavy atom. The minimum Gasteiger partial charge on any atom is -0.443 e. The number of halogens is 2. The Bertz CT molecular complexity index is 369. The smallest absolute Gasteiger partial charge is 0.289 e. The Kier molecular flexibility index (Phi) is 3.21. The van der Waals surface area contributed by atoms with Crippen molar-refractivity contribution >= 4 is 37.8 Å². The maximum absolute atomic E-state index is 12.0. The maximum atomic E-state index is 12.0. The summed E-state index contributed by atoms with van der Waals surface area (Å²) >= 11 is 6.52. The van der Waals surface area contributed by atoms with Gasteiger partial charge in [-0.3, -0.25) is 4.79 Å². The van der Waals surface area contributed by atoms with Gasteiger partial charge in [-0.05, 0) is 51.6 Å². The van der Waals surface area contributed by atoms with Crippen molar-refractivity contribution in [1.29, 1.82) is 0 Å². The second-order valence-corrected chi connectivity index (χ2v) is 5.30. The number of nitrogens with zero attached hydrogens (tertiary/aromatic N) is 1. The van der Waals surface area contributed by atoms with E-state index in [9.17, 15) is 4.79 Å². The van der Waals surface area contributed by atoms with Crippen molar-refractivity contribution in [3.05, 3.63) is 21.0 Å². The van der Waals surface area contributed by atoms with E-state index in [2.05, 4.69) is 38.8 Å². The van der Waals surface area contributed by atoms with Crippen LogP contribution in [0.4, 0.5) is 0 Å². The molecule has 0 spiro atoms. The van der Waals surface area contributed by atoms with Gasteiger partial charge in [-0.15, -0.1) is 0 Å². The van der Waals surface area contributed by atoms with E-state index in [4.69, 9.17) is 4.42 Å². The van der Waals surface area contributed by atoms with Gasteiger partial charge in [0.15, 0.2) is 10.4 Å². The SMILES string of the molecule is CC1CCCN1C(=O)c1cc(Br)c(Br)o1. The summed E-state index contributed by atoms with van der Waals surface area (Å²) in [6, 6.07) is 2.03. The summed E-state index contributed by atoms with van der Waals surface area (Å²) in [7, 11) is 0. The molecule has 1 fully saturated rings. The average Bonchev–Trinajstić information content (AvgIpc) is 2.74. The molecule has 0 aromatic carbocycles. The molecule has 1 amide bonds. The van der Waals surface area contributed by atoms with Crippen LogP contribution in [0.1, 0.15) is 30.3 Å². The molecule has 0 saturated carbocycles. The van der Waals surface area contributed by atoms with Gasteiger partial charge in [0.2, 0.25) is 0 Å². The van der Waals surface area contributed by atoms with Gasteiger partial charge in [0.05, 0.1) is 4.47 Å². The molecule has 5 heteroatoms. The molecule has 1 aromatic heterocycles. The molecule has 0 N–H and O–H groups in total. The third kappa shape index (κ3) is 2.13.